The van der Waals surface area contributed by atoms with Crippen LogP contribution in [0.3, 0.4) is 0 Å². The minimum absolute atomic E-state index is 0.0368. The van der Waals surface area contributed by atoms with E-state index in [1.807, 2.05) is 4.90 Å². The van der Waals surface area contributed by atoms with Crippen molar-refractivity contribution in [2.24, 2.45) is 5.41 Å². The van der Waals surface area contributed by atoms with Crippen LogP contribution in [0.5, 0.6) is 0 Å². The number of carbonyl (C=O) groups excluding carboxylic acids is 1. The van der Waals surface area contributed by atoms with Crippen LogP contribution in [0, 0.1) is 5.41 Å². The van der Waals surface area contributed by atoms with E-state index in [0.29, 0.717) is 0 Å². The molecule has 17 heavy (non-hydrogen) atoms. The molecule has 0 aliphatic carbocycles. The summed E-state index contributed by atoms with van der Waals surface area (Å²) >= 11 is 0. The molecule has 0 aromatic rings. The molecule has 1 N–H and O–H groups in total. The highest BCUT2D eigenvalue weighted by Crippen LogP contribution is 2.28. The number of amides is 1. The summed E-state index contributed by atoms with van der Waals surface area (Å²) in [5.41, 5.74) is 0.130. The number of unbranched alkanes of at least 4 members (excludes halogenated alkanes) is 1. The van der Waals surface area contributed by atoms with Crippen molar-refractivity contribution >= 4 is 5.91 Å². The number of rotatable bonds is 4. The van der Waals surface area contributed by atoms with E-state index >= 15 is 0 Å². The lowest BCUT2D eigenvalue weighted by Gasteiger charge is -2.37. The van der Waals surface area contributed by atoms with Crippen molar-refractivity contribution in [2.75, 3.05) is 0 Å². The number of nitrogens with one attached hydrogen (secondary N) is 1. The molecule has 0 bridgehead atoms. The smallest absolute Gasteiger partial charge is 0.241 e. The Morgan fingerprint density at radius 1 is 1.41 bits per heavy atom. The molecule has 0 aromatic heterocycles. The second-order valence-corrected chi connectivity index (χ2v) is 6.32. The van der Waals surface area contributed by atoms with Gasteiger partial charge in [-0.15, -0.1) is 0 Å². The van der Waals surface area contributed by atoms with E-state index in [1.54, 1.807) is 0 Å². The van der Waals surface area contributed by atoms with Crippen LogP contribution in [0.15, 0.2) is 0 Å². The minimum Gasteiger partial charge on any atom is -0.323 e. The van der Waals surface area contributed by atoms with Crippen molar-refractivity contribution in [1.29, 1.82) is 0 Å². The Kier molecular flexibility index (Phi) is 4.59. The Hall–Kier alpha value is -0.570. The van der Waals surface area contributed by atoms with Crippen molar-refractivity contribution in [3.05, 3.63) is 0 Å². The van der Waals surface area contributed by atoms with Gasteiger partial charge in [-0.2, -0.15) is 0 Å². The van der Waals surface area contributed by atoms with Gasteiger partial charge in [0.2, 0.25) is 5.91 Å². The van der Waals surface area contributed by atoms with E-state index in [9.17, 15) is 4.79 Å². The van der Waals surface area contributed by atoms with Crippen LogP contribution in [0.2, 0.25) is 0 Å². The third kappa shape index (κ3) is 3.21. The van der Waals surface area contributed by atoms with Crippen molar-refractivity contribution < 1.29 is 4.79 Å². The highest BCUT2D eigenvalue weighted by molar-refractivity contribution is 5.84. The van der Waals surface area contributed by atoms with Crippen LogP contribution < -0.4 is 5.32 Å². The van der Waals surface area contributed by atoms with Gasteiger partial charge < -0.3 is 4.90 Å². The summed E-state index contributed by atoms with van der Waals surface area (Å²) < 4.78 is 0. The first-order valence-electron chi connectivity index (χ1n) is 6.87. The predicted molar refractivity (Wildman–Crippen MR) is 71.7 cm³/mol. The number of hydrogen-bond acceptors (Lipinski definition) is 2. The summed E-state index contributed by atoms with van der Waals surface area (Å²) in [4.78, 5) is 14.4. The zero-order chi connectivity index (χ0) is 13.2. The standard InChI is InChI=1S/C14H28N2O/c1-7-8-9-12-13(17)16(11(3)15-12)10(2)14(4,5)6/h10-12,15H,7-9H2,1-6H3. The van der Waals surface area contributed by atoms with Gasteiger partial charge in [-0.3, -0.25) is 10.1 Å². The second-order valence-electron chi connectivity index (χ2n) is 6.32. The van der Waals surface area contributed by atoms with Crippen LogP contribution in [0.1, 0.15) is 60.8 Å². The van der Waals surface area contributed by atoms with Gasteiger partial charge in [0, 0.05) is 6.04 Å². The quantitative estimate of drug-likeness (QED) is 0.819. The van der Waals surface area contributed by atoms with Crippen molar-refractivity contribution in [1.82, 2.24) is 10.2 Å². The van der Waals surface area contributed by atoms with Gasteiger partial charge in [-0.25, -0.2) is 0 Å². The third-order valence-corrected chi connectivity index (χ3v) is 3.93. The molecule has 1 aliphatic rings. The number of carbonyl (C=O) groups is 1. The van der Waals surface area contributed by atoms with E-state index in [-0.39, 0.29) is 29.6 Å². The Morgan fingerprint density at radius 3 is 2.47 bits per heavy atom. The zero-order valence-electron chi connectivity index (χ0n) is 12.2. The van der Waals surface area contributed by atoms with Gasteiger partial charge in [0.1, 0.15) is 0 Å². The maximum atomic E-state index is 12.4. The van der Waals surface area contributed by atoms with E-state index in [4.69, 9.17) is 0 Å². The van der Waals surface area contributed by atoms with Gasteiger partial charge in [0.25, 0.3) is 0 Å². The lowest BCUT2D eigenvalue weighted by molar-refractivity contribution is -0.134. The minimum atomic E-state index is 0.0368. The topological polar surface area (TPSA) is 32.3 Å². The Bertz CT molecular complexity index is 270. The third-order valence-electron chi connectivity index (χ3n) is 3.93. The fourth-order valence-electron chi connectivity index (χ4n) is 2.37. The first-order chi connectivity index (χ1) is 7.79. The highest BCUT2D eigenvalue weighted by atomic mass is 16.2. The molecule has 0 spiro atoms. The number of hydrogen-bond donors (Lipinski definition) is 1. The van der Waals surface area contributed by atoms with Crippen LogP contribution in [0.25, 0.3) is 0 Å². The monoisotopic (exact) mass is 240 g/mol. The molecule has 1 heterocycles. The largest absolute Gasteiger partial charge is 0.323 e. The molecule has 3 atom stereocenters. The summed E-state index contributed by atoms with van der Waals surface area (Å²) in [7, 11) is 0. The Morgan fingerprint density at radius 2 is 2.00 bits per heavy atom. The molecule has 1 rings (SSSR count). The first-order valence-corrected chi connectivity index (χ1v) is 6.87. The average molecular weight is 240 g/mol. The molecular weight excluding hydrogens is 212 g/mol. The normalized spacial score (nSPS) is 27.6. The van der Waals surface area contributed by atoms with Crippen LogP contribution in [-0.4, -0.2) is 29.1 Å². The lowest BCUT2D eigenvalue weighted by atomic mass is 9.86. The summed E-state index contributed by atoms with van der Waals surface area (Å²) in [6.07, 6.45) is 3.40. The molecule has 3 heteroatoms. The number of nitrogens with zero attached hydrogens (tertiary/aromatic N) is 1. The summed E-state index contributed by atoms with van der Waals surface area (Å²) in [6, 6.07) is 0.305. The molecule has 1 aliphatic heterocycles. The van der Waals surface area contributed by atoms with Crippen LogP contribution in [-0.2, 0) is 4.79 Å². The summed E-state index contributed by atoms with van der Waals surface area (Å²) in [5, 5.41) is 3.42. The fraction of sp³-hybridized carbons (Fsp3) is 0.929. The van der Waals surface area contributed by atoms with Gasteiger partial charge in [-0.05, 0) is 25.7 Å². The fourth-order valence-corrected chi connectivity index (χ4v) is 2.37. The molecule has 0 radical (unpaired) electrons. The molecule has 0 saturated carbocycles. The maximum Gasteiger partial charge on any atom is 0.241 e. The summed E-state index contributed by atoms with van der Waals surface area (Å²) in [5.74, 6) is 0.286. The SMILES string of the molecule is CCCCC1NC(C)N(C(C)C(C)(C)C)C1=O. The average Bonchev–Trinajstić information content (AvgIpc) is 2.49. The Balaban J connectivity index is 2.72. The van der Waals surface area contributed by atoms with E-state index in [2.05, 4.69) is 46.9 Å². The molecule has 1 fully saturated rings. The molecule has 100 valence electrons. The maximum absolute atomic E-state index is 12.4. The second kappa shape index (κ2) is 5.38. The van der Waals surface area contributed by atoms with Gasteiger partial charge in [-0.1, -0.05) is 40.5 Å². The van der Waals surface area contributed by atoms with Crippen LogP contribution >= 0.6 is 0 Å². The van der Waals surface area contributed by atoms with Crippen molar-refractivity contribution in [2.45, 2.75) is 79.1 Å². The first kappa shape index (κ1) is 14.5. The van der Waals surface area contributed by atoms with Gasteiger partial charge in [0.15, 0.2) is 0 Å². The van der Waals surface area contributed by atoms with Gasteiger partial charge in [0.05, 0.1) is 12.2 Å². The molecule has 3 unspecified atom stereocenters. The van der Waals surface area contributed by atoms with Gasteiger partial charge >= 0.3 is 0 Å². The molecule has 0 aromatic carbocycles. The summed E-state index contributed by atoms with van der Waals surface area (Å²) in [6.45, 7) is 13.0. The molecular formula is C14H28N2O. The zero-order valence-corrected chi connectivity index (χ0v) is 12.2. The molecule has 1 amide bonds. The van der Waals surface area contributed by atoms with E-state index in [0.717, 1.165) is 19.3 Å². The Labute approximate surface area is 106 Å². The van der Waals surface area contributed by atoms with E-state index < -0.39 is 0 Å². The predicted octanol–water partition coefficient (Wildman–Crippen LogP) is 2.76. The molecule has 1 saturated heterocycles. The lowest BCUT2D eigenvalue weighted by Crippen LogP contribution is -2.47. The van der Waals surface area contributed by atoms with Crippen molar-refractivity contribution in [3.8, 4) is 0 Å². The van der Waals surface area contributed by atoms with Crippen molar-refractivity contribution in [3.63, 3.8) is 0 Å². The highest BCUT2D eigenvalue weighted by Gasteiger charge is 2.41. The molecule has 3 nitrogen and oxygen atoms in total. The van der Waals surface area contributed by atoms with Crippen LogP contribution in [0.4, 0.5) is 0 Å². The van der Waals surface area contributed by atoms with E-state index in [1.165, 1.54) is 0 Å².